The van der Waals surface area contributed by atoms with Crippen LogP contribution in [-0.2, 0) is 35.2 Å². The molecule has 15 nitrogen and oxygen atoms in total. The number of pyridine rings is 1. The topological polar surface area (TPSA) is 180 Å². The molecule has 1 atom stereocenters. The molecular formula is C49H61N7O8. The van der Waals surface area contributed by atoms with Crippen molar-refractivity contribution in [2.24, 2.45) is 5.92 Å². The molecule has 7 rings (SSSR count). The summed E-state index contributed by atoms with van der Waals surface area (Å²) >= 11 is 0. The van der Waals surface area contributed by atoms with Crippen LogP contribution < -0.4 is 16.0 Å². The van der Waals surface area contributed by atoms with Crippen LogP contribution in [0.1, 0.15) is 108 Å². The number of nitrogens with one attached hydrogen (secondary N) is 3. The van der Waals surface area contributed by atoms with Crippen molar-refractivity contribution in [2.45, 2.75) is 82.7 Å². The summed E-state index contributed by atoms with van der Waals surface area (Å²) in [6, 6.07) is 16.6. The van der Waals surface area contributed by atoms with Gasteiger partial charge in [0.15, 0.2) is 0 Å². The Labute approximate surface area is 375 Å². The lowest BCUT2D eigenvalue weighted by molar-refractivity contribution is -0.137. The number of imide groups is 1. The minimum Gasteiger partial charge on any atom is -0.382 e. The summed E-state index contributed by atoms with van der Waals surface area (Å²) in [6.45, 7) is 5.91. The molecule has 5 heterocycles. The first-order chi connectivity index (χ1) is 31.2. The molecule has 3 fully saturated rings. The molecule has 4 aliphatic rings. The molecule has 0 spiro atoms. The molecule has 15 heteroatoms. The molecule has 4 aliphatic heterocycles. The van der Waals surface area contributed by atoms with Crippen LogP contribution in [0.3, 0.4) is 0 Å². The number of piperidine rings is 3. The third-order valence-electron chi connectivity index (χ3n) is 12.8. The van der Waals surface area contributed by atoms with E-state index in [9.17, 15) is 28.8 Å². The summed E-state index contributed by atoms with van der Waals surface area (Å²) in [4.78, 5) is 84.9. The van der Waals surface area contributed by atoms with Crippen molar-refractivity contribution in [3.05, 3.63) is 101 Å². The number of aromatic nitrogens is 1. The predicted octanol–water partition coefficient (Wildman–Crippen LogP) is 4.94. The van der Waals surface area contributed by atoms with Gasteiger partial charge in [0.2, 0.25) is 23.6 Å². The van der Waals surface area contributed by atoms with Crippen LogP contribution in [0.2, 0.25) is 0 Å². The number of likely N-dealkylation sites (tertiary alicyclic amines) is 2. The Morgan fingerprint density at radius 1 is 0.812 bits per heavy atom. The summed E-state index contributed by atoms with van der Waals surface area (Å²) in [6.07, 6.45) is 14.4. The van der Waals surface area contributed by atoms with E-state index < -0.39 is 11.9 Å². The Bertz CT molecular complexity index is 2110. The van der Waals surface area contributed by atoms with Crippen LogP contribution in [0.5, 0.6) is 0 Å². The number of anilines is 1. The summed E-state index contributed by atoms with van der Waals surface area (Å²) in [5.41, 5.74) is 5.02. The zero-order chi connectivity index (χ0) is 44.7. The fourth-order valence-corrected chi connectivity index (χ4v) is 9.09. The lowest BCUT2D eigenvalue weighted by atomic mass is 9.88. The van der Waals surface area contributed by atoms with Gasteiger partial charge in [-0.1, -0.05) is 37.1 Å². The molecule has 0 bridgehead atoms. The van der Waals surface area contributed by atoms with Crippen LogP contribution in [0.4, 0.5) is 5.69 Å². The van der Waals surface area contributed by atoms with Gasteiger partial charge in [0, 0.05) is 93.1 Å². The van der Waals surface area contributed by atoms with Crippen LogP contribution in [0.25, 0.3) is 6.08 Å². The maximum absolute atomic E-state index is 13.3. The highest BCUT2D eigenvalue weighted by Crippen LogP contribution is 2.33. The average Bonchev–Trinajstić information content (AvgIpc) is 3.66. The first-order valence-corrected chi connectivity index (χ1v) is 22.9. The fraction of sp³-hybridized carbons (Fsp3) is 0.490. The van der Waals surface area contributed by atoms with Crippen LogP contribution in [-0.4, -0.2) is 127 Å². The molecule has 3 saturated heterocycles. The van der Waals surface area contributed by atoms with Gasteiger partial charge in [-0.15, -0.1) is 0 Å². The first-order valence-electron chi connectivity index (χ1n) is 22.9. The number of nitrogens with zero attached hydrogens (tertiary/aromatic N) is 4. The number of unbranched alkanes of at least 4 members (excludes halogenated alkanes) is 1. The Balaban J connectivity index is 0.704. The Morgan fingerprint density at radius 3 is 2.33 bits per heavy atom. The fourth-order valence-electron chi connectivity index (χ4n) is 9.09. The van der Waals surface area contributed by atoms with E-state index in [1.54, 1.807) is 30.6 Å². The molecule has 2 aromatic carbocycles. The second-order valence-electron chi connectivity index (χ2n) is 17.1. The minimum absolute atomic E-state index is 0.0894. The average molecular weight is 876 g/mol. The highest BCUT2D eigenvalue weighted by Gasteiger charge is 2.40. The normalized spacial score (nSPS) is 18.3. The van der Waals surface area contributed by atoms with Gasteiger partial charge in [0.1, 0.15) is 6.04 Å². The van der Waals surface area contributed by atoms with E-state index in [0.717, 1.165) is 80.4 Å². The van der Waals surface area contributed by atoms with E-state index in [1.165, 1.54) is 10.5 Å². The molecule has 1 unspecified atom stereocenters. The number of ether oxygens (including phenoxy) is 2. The quantitative estimate of drug-likeness (QED) is 0.0801. The van der Waals surface area contributed by atoms with E-state index in [4.69, 9.17) is 9.47 Å². The van der Waals surface area contributed by atoms with E-state index in [0.29, 0.717) is 89.4 Å². The third kappa shape index (κ3) is 12.6. The maximum Gasteiger partial charge on any atom is 0.255 e. The van der Waals surface area contributed by atoms with Crippen molar-refractivity contribution in [3.63, 3.8) is 0 Å². The predicted molar refractivity (Wildman–Crippen MR) is 241 cm³/mol. The highest BCUT2D eigenvalue weighted by atomic mass is 16.5. The largest absolute Gasteiger partial charge is 0.382 e. The number of benzene rings is 2. The summed E-state index contributed by atoms with van der Waals surface area (Å²) in [5.74, 6) is 0.0849. The highest BCUT2D eigenvalue weighted by molar-refractivity contribution is 6.06. The first kappa shape index (κ1) is 46.1. The van der Waals surface area contributed by atoms with Crippen molar-refractivity contribution < 1.29 is 38.2 Å². The van der Waals surface area contributed by atoms with E-state index in [-0.39, 0.29) is 36.0 Å². The molecule has 6 amide bonds. The van der Waals surface area contributed by atoms with E-state index in [1.807, 2.05) is 46.2 Å². The van der Waals surface area contributed by atoms with Crippen molar-refractivity contribution in [1.82, 2.24) is 30.3 Å². The standard InChI is InChI=1S/C49H61N7O8/c57-44(15-9-36-6-4-22-50-33-36)52-23-2-1-5-35-17-25-55(26-18-35)48(61)39-12-10-37(11-13-39)38-19-27-54(28-20-38)46(59)21-29-63-31-32-64-30-24-51-42-8-3-7-40-41(42)34-56(49(40)62)43-14-16-45(58)53-47(43)60/h3-4,6-13,15,22,33,35,38,43,51H,1-2,5,14,16-21,23-32,34H2,(H,52,57)(H,53,58,60)/b15-9+. The molecule has 340 valence electrons. The monoisotopic (exact) mass is 875 g/mol. The molecule has 1 aromatic heterocycles. The smallest absolute Gasteiger partial charge is 0.255 e. The Morgan fingerprint density at radius 2 is 1.58 bits per heavy atom. The van der Waals surface area contributed by atoms with Crippen molar-refractivity contribution >= 4 is 47.2 Å². The van der Waals surface area contributed by atoms with Crippen LogP contribution in [0, 0.1) is 5.92 Å². The van der Waals surface area contributed by atoms with Crippen molar-refractivity contribution in [2.75, 3.05) is 71.0 Å². The maximum atomic E-state index is 13.3. The Kier molecular flexibility index (Phi) is 16.7. The SMILES string of the molecule is O=C(/C=C/c1cccnc1)NCCCCC1CCN(C(=O)c2ccc(C3CCN(C(=O)CCOCCOCCNc4cccc5c4CN(C4CCC(=O)NC4=O)C5=O)CC3)cc2)CC1. The Hall–Kier alpha value is -5.93. The van der Waals surface area contributed by atoms with E-state index in [2.05, 4.69) is 33.1 Å². The summed E-state index contributed by atoms with van der Waals surface area (Å²) < 4.78 is 11.4. The van der Waals surface area contributed by atoms with Crippen LogP contribution >= 0.6 is 0 Å². The van der Waals surface area contributed by atoms with Gasteiger partial charge in [-0.25, -0.2) is 0 Å². The second-order valence-corrected chi connectivity index (χ2v) is 17.1. The van der Waals surface area contributed by atoms with Gasteiger partial charge >= 0.3 is 0 Å². The molecule has 3 N–H and O–H groups in total. The van der Waals surface area contributed by atoms with Gasteiger partial charge in [-0.05, 0) is 97.9 Å². The number of hydrogen-bond acceptors (Lipinski definition) is 10. The zero-order valence-electron chi connectivity index (χ0n) is 36.6. The molecule has 0 aliphatic carbocycles. The molecule has 3 aromatic rings. The number of amides is 6. The molecule has 0 radical (unpaired) electrons. The van der Waals surface area contributed by atoms with Crippen molar-refractivity contribution in [1.29, 1.82) is 0 Å². The van der Waals surface area contributed by atoms with Gasteiger partial charge in [0.05, 0.1) is 32.8 Å². The van der Waals surface area contributed by atoms with Gasteiger partial charge < -0.3 is 34.8 Å². The summed E-state index contributed by atoms with van der Waals surface area (Å²) in [5, 5.41) is 8.62. The second kappa shape index (κ2) is 23.1. The van der Waals surface area contributed by atoms with Crippen molar-refractivity contribution in [3.8, 4) is 0 Å². The van der Waals surface area contributed by atoms with Gasteiger partial charge in [-0.3, -0.25) is 39.1 Å². The number of carbonyl (C=O) groups is 6. The zero-order valence-corrected chi connectivity index (χ0v) is 36.6. The number of carbonyl (C=O) groups excluding carboxylic acids is 6. The molecular weight excluding hydrogens is 815 g/mol. The minimum atomic E-state index is -0.655. The lowest BCUT2D eigenvalue weighted by Crippen LogP contribution is -2.52. The van der Waals surface area contributed by atoms with Gasteiger partial charge in [-0.2, -0.15) is 0 Å². The van der Waals surface area contributed by atoms with Gasteiger partial charge in [0.25, 0.3) is 11.8 Å². The number of hydrogen-bond donors (Lipinski definition) is 3. The molecule has 0 saturated carbocycles. The lowest BCUT2D eigenvalue weighted by Gasteiger charge is -2.33. The van der Waals surface area contributed by atoms with Crippen LogP contribution in [0.15, 0.2) is 73.1 Å². The summed E-state index contributed by atoms with van der Waals surface area (Å²) in [7, 11) is 0. The third-order valence-corrected chi connectivity index (χ3v) is 12.8. The molecule has 64 heavy (non-hydrogen) atoms. The number of fused-ring (bicyclic) bond motifs is 1. The number of rotatable bonds is 20. The van der Waals surface area contributed by atoms with E-state index >= 15 is 0 Å².